The summed E-state index contributed by atoms with van der Waals surface area (Å²) < 4.78 is 3.67. The molecule has 0 spiro atoms. The summed E-state index contributed by atoms with van der Waals surface area (Å²) in [6.45, 7) is 3.90. The Bertz CT molecular complexity index is 855. The molecule has 0 radical (unpaired) electrons. The lowest BCUT2D eigenvalue weighted by Crippen LogP contribution is -2.00. The molecule has 0 atom stereocenters. The Labute approximate surface area is 114 Å². The van der Waals surface area contributed by atoms with E-state index >= 15 is 0 Å². The Balaban J connectivity index is 2.11. The van der Waals surface area contributed by atoms with Crippen molar-refractivity contribution in [3.8, 4) is 11.4 Å². The van der Waals surface area contributed by atoms with Crippen molar-refractivity contribution in [1.29, 1.82) is 0 Å². The number of hydrogen-bond acceptors (Lipinski definition) is 4. The van der Waals surface area contributed by atoms with Crippen LogP contribution in [-0.4, -0.2) is 29.7 Å². The van der Waals surface area contributed by atoms with Crippen LogP contribution in [0.3, 0.4) is 0 Å². The molecule has 0 aromatic carbocycles. The summed E-state index contributed by atoms with van der Waals surface area (Å²) in [5.74, 6) is 0. The quantitative estimate of drug-likeness (QED) is 0.528. The van der Waals surface area contributed by atoms with Crippen molar-refractivity contribution < 1.29 is 0 Å². The maximum Gasteiger partial charge on any atom is 0.0928 e. The summed E-state index contributed by atoms with van der Waals surface area (Å²) in [5.41, 5.74) is 5.70. The highest BCUT2D eigenvalue weighted by Gasteiger charge is 2.12. The van der Waals surface area contributed by atoms with E-state index in [0.717, 1.165) is 33.8 Å². The zero-order valence-electron chi connectivity index (χ0n) is 11.1. The van der Waals surface area contributed by atoms with Gasteiger partial charge in [-0.15, -0.1) is 10.2 Å². The van der Waals surface area contributed by atoms with Gasteiger partial charge in [0.1, 0.15) is 0 Å². The molecule has 0 saturated carbocycles. The van der Waals surface area contributed by atoms with Gasteiger partial charge in [0.05, 0.1) is 33.8 Å². The van der Waals surface area contributed by atoms with Gasteiger partial charge < -0.3 is 0 Å². The first kappa shape index (κ1) is 11.1. The molecule has 0 unspecified atom stereocenters. The average molecular weight is 264 g/mol. The second-order valence-corrected chi connectivity index (χ2v) is 4.77. The Kier molecular flexibility index (Phi) is 2.14. The third kappa shape index (κ3) is 1.38. The van der Waals surface area contributed by atoms with Crippen molar-refractivity contribution in [2.75, 3.05) is 0 Å². The van der Waals surface area contributed by atoms with E-state index in [9.17, 15) is 0 Å². The Hall–Kier alpha value is -2.76. The molecule has 0 aliphatic carbocycles. The zero-order chi connectivity index (χ0) is 13.7. The van der Waals surface area contributed by atoms with Crippen LogP contribution in [0, 0.1) is 13.8 Å². The fraction of sp³-hybridized carbons (Fsp3) is 0.143. The highest BCUT2D eigenvalue weighted by Crippen LogP contribution is 2.22. The molecule has 20 heavy (non-hydrogen) atoms. The number of aromatic nitrogens is 6. The molecule has 0 N–H and O–H groups in total. The van der Waals surface area contributed by atoms with E-state index in [-0.39, 0.29) is 0 Å². The number of fused-ring (bicyclic) bond motifs is 2. The first-order chi connectivity index (χ1) is 9.75. The number of aryl methyl sites for hydroxylation is 2. The van der Waals surface area contributed by atoms with Gasteiger partial charge in [-0.1, -0.05) is 22.6 Å². The van der Waals surface area contributed by atoms with Crippen LogP contribution in [0.4, 0.5) is 0 Å². The largest absolute Gasteiger partial charge is 0.211 e. The molecule has 0 aliphatic rings. The first-order valence-electron chi connectivity index (χ1n) is 6.38. The van der Waals surface area contributed by atoms with Crippen molar-refractivity contribution in [3.05, 3.63) is 47.8 Å². The van der Waals surface area contributed by atoms with Crippen molar-refractivity contribution in [3.63, 3.8) is 0 Å². The van der Waals surface area contributed by atoms with Crippen LogP contribution in [0.25, 0.3) is 22.4 Å². The van der Waals surface area contributed by atoms with E-state index in [0.29, 0.717) is 0 Å². The SMILES string of the molecule is Cc1nnn2c(-c3cccc4c(C)nnn34)cccc12. The van der Waals surface area contributed by atoms with E-state index in [1.165, 1.54) is 0 Å². The summed E-state index contributed by atoms with van der Waals surface area (Å²) in [7, 11) is 0. The topological polar surface area (TPSA) is 60.4 Å². The summed E-state index contributed by atoms with van der Waals surface area (Å²) in [6.07, 6.45) is 0. The molecule has 98 valence electrons. The van der Waals surface area contributed by atoms with E-state index < -0.39 is 0 Å². The first-order valence-corrected chi connectivity index (χ1v) is 6.38. The van der Waals surface area contributed by atoms with Gasteiger partial charge in [-0.25, -0.2) is 9.03 Å². The van der Waals surface area contributed by atoms with E-state index in [4.69, 9.17) is 0 Å². The molecule has 0 saturated heterocycles. The number of hydrogen-bond donors (Lipinski definition) is 0. The molecule has 4 aromatic rings. The Morgan fingerprint density at radius 1 is 0.700 bits per heavy atom. The molecule has 4 aromatic heterocycles. The molecule has 4 rings (SSSR count). The van der Waals surface area contributed by atoms with Crippen LogP contribution >= 0.6 is 0 Å². The summed E-state index contributed by atoms with van der Waals surface area (Å²) in [6, 6.07) is 12.0. The van der Waals surface area contributed by atoms with Gasteiger partial charge in [0.2, 0.25) is 0 Å². The van der Waals surface area contributed by atoms with Crippen LogP contribution < -0.4 is 0 Å². The Morgan fingerprint density at radius 2 is 1.15 bits per heavy atom. The summed E-state index contributed by atoms with van der Waals surface area (Å²) in [5, 5.41) is 16.7. The number of nitrogens with zero attached hydrogens (tertiary/aromatic N) is 6. The van der Waals surface area contributed by atoms with E-state index in [1.54, 1.807) is 0 Å². The molecule has 4 heterocycles. The van der Waals surface area contributed by atoms with Gasteiger partial charge in [-0.05, 0) is 38.1 Å². The normalized spacial score (nSPS) is 11.5. The maximum absolute atomic E-state index is 4.21. The monoisotopic (exact) mass is 264 g/mol. The van der Waals surface area contributed by atoms with Gasteiger partial charge in [-0.2, -0.15) is 0 Å². The summed E-state index contributed by atoms with van der Waals surface area (Å²) >= 11 is 0. The highest BCUT2D eigenvalue weighted by molar-refractivity contribution is 5.66. The second-order valence-electron chi connectivity index (χ2n) is 4.77. The lowest BCUT2D eigenvalue weighted by Gasteiger charge is -2.06. The van der Waals surface area contributed by atoms with Gasteiger partial charge >= 0.3 is 0 Å². The molecular weight excluding hydrogens is 252 g/mol. The number of pyridine rings is 2. The third-order valence-corrected chi connectivity index (χ3v) is 3.50. The maximum atomic E-state index is 4.21. The lowest BCUT2D eigenvalue weighted by atomic mass is 10.2. The van der Waals surface area contributed by atoms with Crippen molar-refractivity contribution in [1.82, 2.24) is 29.7 Å². The predicted octanol–water partition coefficient (Wildman–Crippen LogP) is 2.06. The molecule has 0 aliphatic heterocycles. The molecule has 0 amide bonds. The molecular formula is C14H12N6. The van der Waals surface area contributed by atoms with Crippen molar-refractivity contribution in [2.45, 2.75) is 13.8 Å². The minimum absolute atomic E-state index is 0.911. The Morgan fingerprint density at radius 3 is 1.60 bits per heavy atom. The highest BCUT2D eigenvalue weighted by atomic mass is 15.4. The molecule has 6 nitrogen and oxygen atoms in total. The van der Waals surface area contributed by atoms with Gasteiger partial charge in [0.25, 0.3) is 0 Å². The smallest absolute Gasteiger partial charge is 0.0928 e. The fourth-order valence-corrected chi connectivity index (χ4v) is 2.46. The van der Waals surface area contributed by atoms with Crippen molar-refractivity contribution in [2.24, 2.45) is 0 Å². The van der Waals surface area contributed by atoms with Crippen LogP contribution in [0.1, 0.15) is 11.4 Å². The van der Waals surface area contributed by atoms with Crippen LogP contribution in [0.5, 0.6) is 0 Å². The van der Waals surface area contributed by atoms with Gasteiger partial charge in [0.15, 0.2) is 0 Å². The minimum Gasteiger partial charge on any atom is -0.211 e. The van der Waals surface area contributed by atoms with Crippen LogP contribution in [0.2, 0.25) is 0 Å². The summed E-state index contributed by atoms with van der Waals surface area (Å²) in [4.78, 5) is 0. The lowest BCUT2D eigenvalue weighted by molar-refractivity contribution is 0.823. The van der Waals surface area contributed by atoms with Crippen LogP contribution in [0.15, 0.2) is 36.4 Å². The minimum atomic E-state index is 0.911. The predicted molar refractivity (Wildman–Crippen MR) is 74.4 cm³/mol. The average Bonchev–Trinajstić information content (AvgIpc) is 3.03. The zero-order valence-corrected chi connectivity index (χ0v) is 11.1. The van der Waals surface area contributed by atoms with E-state index in [1.807, 2.05) is 59.3 Å². The van der Waals surface area contributed by atoms with Crippen molar-refractivity contribution >= 4 is 11.0 Å². The third-order valence-electron chi connectivity index (χ3n) is 3.50. The van der Waals surface area contributed by atoms with Gasteiger partial charge in [-0.3, -0.25) is 0 Å². The second kappa shape index (κ2) is 3.86. The van der Waals surface area contributed by atoms with E-state index in [2.05, 4.69) is 20.6 Å². The molecule has 6 heteroatoms. The molecule has 0 bridgehead atoms. The number of rotatable bonds is 1. The van der Waals surface area contributed by atoms with Gasteiger partial charge in [0, 0.05) is 0 Å². The van der Waals surface area contributed by atoms with Crippen LogP contribution in [-0.2, 0) is 0 Å². The fourth-order valence-electron chi connectivity index (χ4n) is 2.46. The standard InChI is InChI=1S/C14H12N6/c1-9-11-5-3-7-13(19(11)17-15-9)14-8-4-6-12-10(2)16-18-20(12)14/h3-8H,1-2H3. The molecule has 0 fully saturated rings.